The minimum Gasteiger partial charge on any atom is -0.349 e. The van der Waals surface area contributed by atoms with Gasteiger partial charge in [0, 0.05) is 18.2 Å². The predicted molar refractivity (Wildman–Crippen MR) is 117 cm³/mol. The van der Waals surface area contributed by atoms with E-state index in [1.165, 1.54) is 13.1 Å². The molecule has 2 rings (SSSR count). The Hall–Kier alpha value is -1.14. The van der Waals surface area contributed by atoms with Gasteiger partial charge >= 0.3 is 21.3 Å². The molecule has 1 aliphatic rings. The number of nitrogens with one attached hydrogen (secondary N) is 1. The van der Waals surface area contributed by atoms with E-state index in [9.17, 15) is 28.5 Å². The van der Waals surface area contributed by atoms with E-state index >= 15 is 0 Å². The molecule has 5 atom stereocenters. The van der Waals surface area contributed by atoms with Gasteiger partial charge in [0.1, 0.15) is 18.4 Å². The largest absolute Gasteiger partial charge is 0.472 e. The predicted octanol–water partition coefficient (Wildman–Crippen LogP) is 2.37. The molecule has 0 radical (unpaired) electrons. The van der Waals surface area contributed by atoms with Gasteiger partial charge in [-0.3, -0.25) is 32.4 Å². The SMILES string of the molecule is CCCCOP(=O)(O)OC[C@H]1OC(n2cc(C)c(=O)[nH]c2=O)C[C@@H]1OP(=O)(O)OCCCC. The summed E-state index contributed by atoms with van der Waals surface area (Å²) < 4.78 is 51.3. The Morgan fingerprint density at radius 2 is 1.70 bits per heavy atom. The molecular weight excluding hydrogens is 482 g/mol. The average molecular weight is 514 g/mol. The molecule has 13 nitrogen and oxygen atoms in total. The van der Waals surface area contributed by atoms with Gasteiger partial charge in [-0.1, -0.05) is 26.7 Å². The van der Waals surface area contributed by atoms with Crippen LogP contribution >= 0.6 is 15.6 Å². The lowest BCUT2D eigenvalue weighted by Crippen LogP contribution is -2.33. The number of H-pyrrole nitrogens is 1. The second kappa shape index (κ2) is 12.5. The first-order valence-corrected chi connectivity index (χ1v) is 13.7. The molecule has 3 N–H and O–H groups in total. The summed E-state index contributed by atoms with van der Waals surface area (Å²) in [7, 11) is -8.89. The van der Waals surface area contributed by atoms with E-state index < -0.39 is 51.9 Å². The minimum absolute atomic E-state index is 0.00185. The van der Waals surface area contributed by atoms with Crippen LogP contribution in [-0.2, 0) is 32.0 Å². The standard InChI is InChI=1S/C18H32N2O11P2/c1-4-6-8-27-32(23,24)29-12-15-14(31-33(25,26)28-9-7-5-2)10-16(30-15)20-11-13(3)17(21)19-18(20)22/h11,14-16H,4-10,12H2,1-3H3,(H,23,24)(H,25,26)(H,19,21,22)/t14-,15+,16?/m0/s1. The lowest BCUT2D eigenvalue weighted by atomic mass is 10.2. The van der Waals surface area contributed by atoms with Crippen LogP contribution in [0.4, 0.5) is 0 Å². The van der Waals surface area contributed by atoms with Crippen LogP contribution in [0.3, 0.4) is 0 Å². The Labute approximate surface area is 191 Å². The third-order valence-electron chi connectivity index (χ3n) is 4.81. The lowest BCUT2D eigenvalue weighted by Gasteiger charge is -2.22. The molecule has 0 spiro atoms. The summed E-state index contributed by atoms with van der Waals surface area (Å²) in [5, 5.41) is 0. The number of ether oxygens (including phenoxy) is 1. The average Bonchev–Trinajstić information content (AvgIpc) is 3.11. The summed E-state index contributed by atoms with van der Waals surface area (Å²) in [5.74, 6) is 0. The van der Waals surface area contributed by atoms with E-state index in [0.29, 0.717) is 12.8 Å². The number of rotatable bonds is 14. The normalized spacial score (nSPS) is 24.5. The topological polar surface area (TPSA) is 176 Å². The molecule has 33 heavy (non-hydrogen) atoms. The molecule has 0 aliphatic carbocycles. The smallest absolute Gasteiger partial charge is 0.349 e. The van der Waals surface area contributed by atoms with Gasteiger partial charge in [0.05, 0.1) is 19.8 Å². The van der Waals surface area contributed by atoms with Crippen LogP contribution in [0, 0.1) is 6.92 Å². The molecule has 0 amide bonds. The lowest BCUT2D eigenvalue weighted by molar-refractivity contribution is -0.0469. The highest BCUT2D eigenvalue weighted by molar-refractivity contribution is 7.47. The van der Waals surface area contributed by atoms with Crippen LogP contribution < -0.4 is 11.2 Å². The number of hydrogen-bond donors (Lipinski definition) is 3. The number of phosphoric acid groups is 2. The second-order valence-corrected chi connectivity index (χ2v) is 10.5. The van der Waals surface area contributed by atoms with Crippen molar-refractivity contribution in [2.75, 3.05) is 19.8 Å². The van der Waals surface area contributed by atoms with Crippen LogP contribution in [0.25, 0.3) is 0 Å². The highest BCUT2D eigenvalue weighted by Crippen LogP contribution is 2.49. The molecule has 0 bridgehead atoms. The van der Waals surface area contributed by atoms with E-state index in [1.807, 2.05) is 13.8 Å². The van der Waals surface area contributed by atoms with Crippen LogP contribution in [0.5, 0.6) is 0 Å². The summed E-state index contributed by atoms with van der Waals surface area (Å²) >= 11 is 0. The van der Waals surface area contributed by atoms with Crippen molar-refractivity contribution in [2.24, 2.45) is 0 Å². The molecule has 1 aromatic heterocycles. The van der Waals surface area contributed by atoms with Gasteiger partial charge < -0.3 is 14.5 Å². The molecule has 1 fully saturated rings. The first-order chi connectivity index (χ1) is 15.5. The van der Waals surface area contributed by atoms with E-state index in [4.69, 9.17) is 22.8 Å². The minimum atomic E-state index is -4.49. The molecule has 0 saturated carbocycles. The molecular formula is C18H32N2O11P2. The molecule has 3 unspecified atom stereocenters. The van der Waals surface area contributed by atoms with Crippen molar-refractivity contribution < 1.29 is 41.7 Å². The van der Waals surface area contributed by atoms with Crippen molar-refractivity contribution in [3.8, 4) is 0 Å². The maximum absolute atomic E-state index is 12.3. The van der Waals surface area contributed by atoms with Crippen molar-refractivity contribution in [2.45, 2.75) is 71.3 Å². The summed E-state index contributed by atoms with van der Waals surface area (Å²) in [6.45, 7) is 4.76. The van der Waals surface area contributed by atoms with Crippen LogP contribution in [-0.4, -0.2) is 51.4 Å². The fourth-order valence-corrected chi connectivity index (χ4v) is 4.74. The van der Waals surface area contributed by atoms with E-state index in [-0.39, 0.29) is 25.2 Å². The maximum Gasteiger partial charge on any atom is 0.472 e. The van der Waals surface area contributed by atoms with Crippen molar-refractivity contribution in [3.05, 3.63) is 32.6 Å². The molecule has 1 saturated heterocycles. The number of unbranched alkanes of at least 4 members (excludes halogenated alkanes) is 2. The summed E-state index contributed by atoms with van der Waals surface area (Å²) in [6, 6.07) is 0. The van der Waals surface area contributed by atoms with Gasteiger partial charge in [0.25, 0.3) is 5.56 Å². The first kappa shape index (κ1) is 28.1. The first-order valence-electron chi connectivity index (χ1n) is 10.7. The van der Waals surface area contributed by atoms with Crippen LogP contribution in [0.15, 0.2) is 15.8 Å². The Bertz CT molecular complexity index is 979. The second-order valence-electron chi connectivity index (χ2n) is 7.59. The van der Waals surface area contributed by atoms with Crippen molar-refractivity contribution >= 4 is 15.6 Å². The zero-order valence-corrected chi connectivity index (χ0v) is 20.7. The molecule has 1 aliphatic heterocycles. The zero-order chi connectivity index (χ0) is 24.6. The Kier molecular flexibility index (Phi) is 10.7. The zero-order valence-electron chi connectivity index (χ0n) is 18.9. The Morgan fingerprint density at radius 1 is 1.09 bits per heavy atom. The quantitative estimate of drug-likeness (QED) is 0.245. The summed E-state index contributed by atoms with van der Waals surface area (Å²) in [6.07, 6.45) is 0.547. The Morgan fingerprint density at radius 3 is 2.30 bits per heavy atom. The monoisotopic (exact) mass is 514 g/mol. The number of aromatic amines is 1. The van der Waals surface area contributed by atoms with E-state index in [1.54, 1.807) is 0 Å². The summed E-state index contributed by atoms with van der Waals surface area (Å²) in [5.41, 5.74) is -1.06. The van der Waals surface area contributed by atoms with E-state index in [0.717, 1.165) is 17.4 Å². The van der Waals surface area contributed by atoms with Crippen LogP contribution in [0.2, 0.25) is 0 Å². The highest BCUT2D eigenvalue weighted by atomic mass is 31.2. The molecule has 1 aromatic rings. The van der Waals surface area contributed by atoms with Crippen molar-refractivity contribution in [1.29, 1.82) is 0 Å². The third-order valence-corrected chi connectivity index (χ3v) is 6.84. The third kappa shape index (κ3) is 8.86. The van der Waals surface area contributed by atoms with Gasteiger partial charge in [-0.05, 0) is 19.8 Å². The number of aromatic nitrogens is 2. The number of phosphoric ester groups is 2. The molecule has 2 heterocycles. The van der Waals surface area contributed by atoms with E-state index in [2.05, 4.69) is 4.98 Å². The number of nitrogens with zero attached hydrogens (tertiary/aromatic N) is 1. The van der Waals surface area contributed by atoms with Crippen molar-refractivity contribution in [1.82, 2.24) is 9.55 Å². The fraction of sp³-hybridized carbons (Fsp3) is 0.778. The van der Waals surface area contributed by atoms with Crippen LogP contribution in [0.1, 0.15) is 57.7 Å². The van der Waals surface area contributed by atoms with Gasteiger partial charge in [-0.25, -0.2) is 13.9 Å². The number of hydrogen-bond acceptors (Lipinski definition) is 9. The molecule has 190 valence electrons. The molecule has 0 aromatic carbocycles. The maximum atomic E-state index is 12.3. The van der Waals surface area contributed by atoms with Gasteiger partial charge in [-0.15, -0.1) is 0 Å². The van der Waals surface area contributed by atoms with Gasteiger partial charge in [0.2, 0.25) is 0 Å². The highest BCUT2D eigenvalue weighted by Gasteiger charge is 2.43. The molecule has 15 heteroatoms. The number of aryl methyl sites for hydroxylation is 1. The van der Waals surface area contributed by atoms with Gasteiger partial charge in [0.15, 0.2) is 0 Å². The summed E-state index contributed by atoms with van der Waals surface area (Å²) in [4.78, 5) is 45.9. The fourth-order valence-electron chi connectivity index (χ4n) is 2.99. The Balaban J connectivity index is 2.17. The van der Waals surface area contributed by atoms with Crippen molar-refractivity contribution in [3.63, 3.8) is 0 Å². The van der Waals surface area contributed by atoms with Gasteiger partial charge in [-0.2, -0.15) is 0 Å².